The van der Waals surface area contributed by atoms with Gasteiger partial charge in [0.05, 0.1) is 17.8 Å². The quantitative estimate of drug-likeness (QED) is 0.229. The first kappa shape index (κ1) is 21.6. The van der Waals surface area contributed by atoms with Crippen LogP contribution >= 0.6 is 0 Å². The highest BCUT2D eigenvalue weighted by molar-refractivity contribution is 5.96. The lowest BCUT2D eigenvalue weighted by atomic mass is 10.1. The lowest BCUT2D eigenvalue weighted by molar-refractivity contribution is 0.0929. The van der Waals surface area contributed by atoms with Crippen LogP contribution in [0.4, 0.5) is 0 Å². The summed E-state index contributed by atoms with van der Waals surface area (Å²) in [5.41, 5.74) is 6.26. The van der Waals surface area contributed by atoms with Crippen LogP contribution in [-0.2, 0) is 13.0 Å². The molecule has 0 radical (unpaired) electrons. The van der Waals surface area contributed by atoms with E-state index in [0.29, 0.717) is 23.3 Å². The third kappa shape index (κ3) is 5.17. The fourth-order valence-corrected chi connectivity index (χ4v) is 3.36. The van der Waals surface area contributed by atoms with E-state index in [1.165, 1.54) is 0 Å². The first-order chi connectivity index (χ1) is 16.2. The van der Waals surface area contributed by atoms with E-state index in [1.807, 2.05) is 54.6 Å². The number of ether oxygens (including phenoxy) is 1. The van der Waals surface area contributed by atoms with Crippen molar-refractivity contribution in [3.63, 3.8) is 0 Å². The number of hydrazone groups is 1. The summed E-state index contributed by atoms with van der Waals surface area (Å²) in [5.74, 6) is 0.470. The molecule has 0 aliphatic carbocycles. The second-order valence-corrected chi connectivity index (χ2v) is 7.27. The minimum absolute atomic E-state index is 0.196. The van der Waals surface area contributed by atoms with Gasteiger partial charge in [0, 0.05) is 10.9 Å². The smallest absolute Gasteiger partial charge is 0.307 e. The van der Waals surface area contributed by atoms with Crippen LogP contribution in [0.25, 0.3) is 11.0 Å². The molecular weight excluding hydrogens is 414 g/mol. The number of nitriles is 1. The molecule has 0 atom stereocenters. The number of carbonyl (C=O) groups excluding carboxylic acids is 1. The molecule has 0 unspecified atom stereocenters. The normalized spacial score (nSPS) is 10.8. The number of allylic oxidation sites excluding steroid dienone is 1. The van der Waals surface area contributed by atoms with Crippen LogP contribution in [0.1, 0.15) is 32.8 Å². The molecule has 0 aliphatic rings. The average Bonchev–Trinajstić information content (AvgIpc) is 3.28. The SMILES string of the molecule is C=CCc1cc(/C=N/NC(=O)c2cc3ccccc3o2)ccc1OCc1ccccc1C#N. The number of nitrogens with zero attached hydrogens (tertiary/aromatic N) is 2. The average molecular weight is 435 g/mol. The van der Waals surface area contributed by atoms with Gasteiger partial charge in [0.2, 0.25) is 0 Å². The summed E-state index contributed by atoms with van der Waals surface area (Å²) in [6.07, 6.45) is 3.94. The van der Waals surface area contributed by atoms with Gasteiger partial charge in [0.1, 0.15) is 17.9 Å². The molecule has 4 rings (SSSR count). The van der Waals surface area contributed by atoms with Crippen LogP contribution < -0.4 is 10.2 Å². The van der Waals surface area contributed by atoms with Crippen LogP contribution in [0.3, 0.4) is 0 Å². The van der Waals surface area contributed by atoms with Crippen molar-refractivity contribution in [1.82, 2.24) is 5.43 Å². The predicted molar refractivity (Wildman–Crippen MR) is 127 cm³/mol. The fourth-order valence-electron chi connectivity index (χ4n) is 3.36. The molecule has 1 amide bonds. The molecule has 1 heterocycles. The van der Waals surface area contributed by atoms with Crippen LogP contribution in [0.2, 0.25) is 0 Å². The van der Waals surface area contributed by atoms with Gasteiger partial charge in [0.15, 0.2) is 5.76 Å². The molecule has 162 valence electrons. The number of hydrogen-bond donors (Lipinski definition) is 1. The van der Waals surface area contributed by atoms with Gasteiger partial charge in [0.25, 0.3) is 0 Å². The van der Waals surface area contributed by atoms with Gasteiger partial charge >= 0.3 is 5.91 Å². The number of rotatable bonds is 8. The van der Waals surface area contributed by atoms with E-state index in [9.17, 15) is 10.1 Å². The Morgan fingerprint density at radius 2 is 1.91 bits per heavy atom. The molecule has 0 bridgehead atoms. The second kappa shape index (κ2) is 10.1. The van der Waals surface area contributed by atoms with Crippen molar-refractivity contribution in [2.24, 2.45) is 5.10 Å². The Labute approximate surface area is 191 Å². The van der Waals surface area contributed by atoms with Crippen LogP contribution in [0.15, 0.2) is 95.0 Å². The lowest BCUT2D eigenvalue weighted by Gasteiger charge is -2.12. The monoisotopic (exact) mass is 435 g/mol. The van der Waals surface area contributed by atoms with Gasteiger partial charge in [-0.1, -0.05) is 42.5 Å². The molecule has 4 aromatic rings. The zero-order valence-electron chi connectivity index (χ0n) is 17.8. The van der Waals surface area contributed by atoms with Crippen molar-refractivity contribution < 1.29 is 13.9 Å². The molecule has 0 spiro atoms. The largest absolute Gasteiger partial charge is 0.489 e. The maximum Gasteiger partial charge on any atom is 0.307 e. The van der Waals surface area contributed by atoms with E-state index in [-0.39, 0.29) is 12.4 Å². The Bertz CT molecular complexity index is 1350. The van der Waals surface area contributed by atoms with E-state index >= 15 is 0 Å². The van der Waals surface area contributed by atoms with Gasteiger partial charge in [-0.3, -0.25) is 4.79 Å². The Hall–Kier alpha value is -4.63. The highest BCUT2D eigenvalue weighted by Gasteiger charge is 2.11. The molecule has 6 heteroatoms. The number of benzene rings is 3. The highest BCUT2D eigenvalue weighted by atomic mass is 16.5. The summed E-state index contributed by atoms with van der Waals surface area (Å²) in [4.78, 5) is 12.3. The Morgan fingerprint density at radius 1 is 1.09 bits per heavy atom. The van der Waals surface area contributed by atoms with Crippen LogP contribution in [0, 0.1) is 11.3 Å². The fraction of sp³-hybridized carbons (Fsp3) is 0.0741. The summed E-state index contributed by atoms with van der Waals surface area (Å²) in [7, 11) is 0. The van der Waals surface area contributed by atoms with Crippen LogP contribution in [-0.4, -0.2) is 12.1 Å². The van der Waals surface area contributed by atoms with Crippen molar-refractivity contribution in [2.75, 3.05) is 0 Å². The topological polar surface area (TPSA) is 87.6 Å². The zero-order valence-corrected chi connectivity index (χ0v) is 17.8. The number of carbonyl (C=O) groups is 1. The van der Waals surface area contributed by atoms with E-state index < -0.39 is 5.91 Å². The summed E-state index contributed by atoms with van der Waals surface area (Å²) in [6, 6.07) is 24.2. The Morgan fingerprint density at radius 3 is 2.73 bits per heavy atom. The third-order valence-corrected chi connectivity index (χ3v) is 5.00. The number of nitrogens with one attached hydrogen (secondary N) is 1. The van der Waals surface area contributed by atoms with Gasteiger partial charge in [-0.15, -0.1) is 6.58 Å². The van der Waals surface area contributed by atoms with Crippen molar-refractivity contribution in [3.8, 4) is 11.8 Å². The predicted octanol–water partition coefficient (Wildman–Crippen LogP) is 5.38. The molecule has 1 N–H and O–H groups in total. The number of amides is 1. The van der Waals surface area contributed by atoms with Crippen LogP contribution in [0.5, 0.6) is 5.75 Å². The van der Waals surface area contributed by atoms with E-state index in [0.717, 1.165) is 22.1 Å². The Kier molecular flexibility index (Phi) is 6.62. The van der Waals surface area contributed by atoms with Gasteiger partial charge in [-0.2, -0.15) is 10.4 Å². The first-order valence-corrected chi connectivity index (χ1v) is 10.3. The minimum atomic E-state index is -0.426. The maximum atomic E-state index is 12.3. The van der Waals surface area contributed by atoms with E-state index in [1.54, 1.807) is 30.5 Å². The summed E-state index contributed by atoms with van der Waals surface area (Å²) < 4.78 is 11.5. The molecule has 0 saturated heterocycles. The standard InChI is InChI=1S/C27H21N3O3/c1-2-7-20-14-19(12-13-24(20)32-18-23-10-4-3-9-22(23)16-28)17-29-30-27(31)26-15-21-8-5-6-11-25(21)33-26/h2-6,8-15,17H,1,7,18H2,(H,30,31)/b29-17+. The molecule has 6 nitrogen and oxygen atoms in total. The molecule has 1 aromatic heterocycles. The summed E-state index contributed by atoms with van der Waals surface area (Å²) in [5, 5.41) is 14.2. The van der Waals surface area contributed by atoms with Crippen molar-refractivity contribution in [2.45, 2.75) is 13.0 Å². The molecule has 0 saturated carbocycles. The highest BCUT2D eigenvalue weighted by Crippen LogP contribution is 2.23. The second-order valence-electron chi connectivity index (χ2n) is 7.27. The Balaban J connectivity index is 1.44. The molecule has 0 fully saturated rings. The molecule has 0 aliphatic heterocycles. The van der Waals surface area contributed by atoms with E-state index in [2.05, 4.69) is 23.2 Å². The van der Waals surface area contributed by atoms with Crippen molar-refractivity contribution >= 4 is 23.1 Å². The number of hydrogen-bond acceptors (Lipinski definition) is 5. The molecule has 33 heavy (non-hydrogen) atoms. The maximum absolute atomic E-state index is 12.3. The van der Waals surface area contributed by atoms with Gasteiger partial charge < -0.3 is 9.15 Å². The van der Waals surface area contributed by atoms with Crippen molar-refractivity contribution in [1.29, 1.82) is 5.26 Å². The number of para-hydroxylation sites is 1. The van der Waals surface area contributed by atoms with Crippen molar-refractivity contribution in [3.05, 3.63) is 113 Å². The first-order valence-electron chi connectivity index (χ1n) is 10.3. The third-order valence-electron chi connectivity index (χ3n) is 5.00. The lowest BCUT2D eigenvalue weighted by Crippen LogP contribution is -2.16. The number of fused-ring (bicyclic) bond motifs is 1. The zero-order chi connectivity index (χ0) is 23.0. The number of furan rings is 1. The van der Waals surface area contributed by atoms with E-state index in [4.69, 9.17) is 9.15 Å². The minimum Gasteiger partial charge on any atom is -0.489 e. The summed E-state index contributed by atoms with van der Waals surface area (Å²) in [6.45, 7) is 4.10. The van der Waals surface area contributed by atoms with Gasteiger partial charge in [-0.25, -0.2) is 5.43 Å². The van der Waals surface area contributed by atoms with Gasteiger partial charge in [-0.05, 0) is 53.9 Å². The molecular formula is C27H21N3O3. The summed E-state index contributed by atoms with van der Waals surface area (Å²) >= 11 is 0. The molecule has 3 aromatic carbocycles.